The first-order valence-electron chi connectivity index (χ1n) is 13.5. The Kier molecular flexibility index (Phi) is 8.17. The third-order valence-corrected chi connectivity index (χ3v) is 7.37. The molecular formula is C30H36N6O3. The minimum absolute atomic E-state index is 0.0352. The summed E-state index contributed by atoms with van der Waals surface area (Å²) in [7, 11) is 0. The minimum Gasteiger partial charge on any atom is -0.508 e. The minimum atomic E-state index is -0.160. The summed E-state index contributed by atoms with van der Waals surface area (Å²) in [4.78, 5) is 17.9. The maximum atomic E-state index is 13.2. The van der Waals surface area contributed by atoms with E-state index in [4.69, 9.17) is 4.74 Å². The van der Waals surface area contributed by atoms with E-state index in [1.165, 1.54) is 4.68 Å². The SMILES string of the molecule is CC([C@@H](C)NCCOc1ccccc1)n1ncn(-c2ccc(N3CCN(c4ccc(O)cc4)CC3)cc2)c1=O. The molecule has 204 valence electrons. The van der Waals surface area contributed by atoms with Gasteiger partial charge in [0.15, 0.2) is 0 Å². The largest absolute Gasteiger partial charge is 0.508 e. The molecule has 9 nitrogen and oxygen atoms in total. The Labute approximate surface area is 228 Å². The van der Waals surface area contributed by atoms with Crippen LogP contribution in [0.25, 0.3) is 5.69 Å². The number of hydrogen-bond acceptors (Lipinski definition) is 7. The highest BCUT2D eigenvalue weighted by Crippen LogP contribution is 2.23. The molecule has 0 spiro atoms. The van der Waals surface area contributed by atoms with Gasteiger partial charge in [0.2, 0.25) is 0 Å². The summed E-state index contributed by atoms with van der Waals surface area (Å²) in [5.41, 5.74) is 2.89. The van der Waals surface area contributed by atoms with Crippen molar-refractivity contribution in [2.75, 3.05) is 49.1 Å². The number of nitrogens with one attached hydrogen (secondary N) is 1. The molecule has 2 atom stereocenters. The molecule has 5 rings (SSSR count). The van der Waals surface area contributed by atoms with E-state index >= 15 is 0 Å². The van der Waals surface area contributed by atoms with Crippen molar-refractivity contribution in [3.63, 3.8) is 0 Å². The van der Waals surface area contributed by atoms with Crippen LogP contribution in [-0.4, -0.2) is 64.8 Å². The molecule has 1 saturated heterocycles. The fourth-order valence-corrected chi connectivity index (χ4v) is 4.84. The van der Waals surface area contributed by atoms with Crippen molar-refractivity contribution in [2.24, 2.45) is 0 Å². The molecule has 0 amide bonds. The van der Waals surface area contributed by atoms with Crippen LogP contribution in [0.1, 0.15) is 19.9 Å². The van der Waals surface area contributed by atoms with Gasteiger partial charge in [-0.1, -0.05) is 18.2 Å². The van der Waals surface area contributed by atoms with E-state index in [-0.39, 0.29) is 23.5 Å². The number of phenols is 1. The van der Waals surface area contributed by atoms with Crippen LogP contribution in [0.2, 0.25) is 0 Å². The molecular weight excluding hydrogens is 492 g/mol. The van der Waals surface area contributed by atoms with Gasteiger partial charge in [-0.2, -0.15) is 5.10 Å². The second-order valence-electron chi connectivity index (χ2n) is 9.88. The van der Waals surface area contributed by atoms with Crippen LogP contribution >= 0.6 is 0 Å². The van der Waals surface area contributed by atoms with Crippen LogP contribution in [0, 0.1) is 0 Å². The summed E-state index contributed by atoms with van der Waals surface area (Å²) in [5.74, 6) is 1.13. The van der Waals surface area contributed by atoms with Gasteiger partial charge in [-0.05, 0) is 74.5 Å². The number of rotatable bonds is 10. The highest BCUT2D eigenvalue weighted by Gasteiger charge is 2.20. The molecule has 3 aromatic carbocycles. The van der Waals surface area contributed by atoms with Gasteiger partial charge < -0.3 is 25.0 Å². The number of anilines is 2. The Balaban J connectivity index is 1.15. The molecule has 0 saturated carbocycles. The topological polar surface area (TPSA) is 87.8 Å². The summed E-state index contributed by atoms with van der Waals surface area (Å²) in [6, 6.07) is 25.1. The standard InChI is InChI=1S/C30H36N6O3/c1-23(31-16-21-39-29-6-4-3-5-7-29)24(2)36-30(38)35(22-32-36)27-10-8-25(9-11-27)33-17-19-34(20-18-33)26-12-14-28(37)15-13-26/h3-15,22-24,31,37H,16-21H2,1-2H3/t23-,24?/m1/s1. The molecule has 1 aliphatic rings. The molecule has 0 bridgehead atoms. The molecule has 1 aliphatic heterocycles. The molecule has 0 radical (unpaired) electrons. The summed E-state index contributed by atoms with van der Waals surface area (Å²) in [6.45, 7) is 8.86. The molecule has 9 heteroatoms. The zero-order chi connectivity index (χ0) is 27.2. The predicted octanol–water partition coefficient (Wildman–Crippen LogP) is 3.68. The van der Waals surface area contributed by atoms with Crippen molar-refractivity contribution in [1.82, 2.24) is 19.7 Å². The molecule has 2 N–H and O–H groups in total. The maximum absolute atomic E-state index is 13.2. The molecule has 1 aromatic heterocycles. The number of para-hydroxylation sites is 1. The fourth-order valence-electron chi connectivity index (χ4n) is 4.84. The Morgan fingerprint density at radius 2 is 1.41 bits per heavy atom. The van der Waals surface area contributed by atoms with Crippen LogP contribution in [-0.2, 0) is 0 Å². The highest BCUT2D eigenvalue weighted by molar-refractivity contribution is 5.54. The van der Waals surface area contributed by atoms with Gasteiger partial charge in [-0.25, -0.2) is 14.0 Å². The van der Waals surface area contributed by atoms with Gasteiger partial charge in [0.25, 0.3) is 0 Å². The molecule has 1 fully saturated rings. The monoisotopic (exact) mass is 528 g/mol. The lowest BCUT2D eigenvalue weighted by Gasteiger charge is -2.37. The quantitative estimate of drug-likeness (QED) is 0.304. The number of aromatic hydroxyl groups is 1. The average molecular weight is 529 g/mol. The third kappa shape index (κ3) is 6.26. The number of piperazine rings is 1. The van der Waals surface area contributed by atoms with Crippen molar-refractivity contribution in [3.8, 4) is 17.2 Å². The van der Waals surface area contributed by atoms with Crippen molar-refractivity contribution in [1.29, 1.82) is 0 Å². The Morgan fingerprint density at radius 1 is 0.846 bits per heavy atom. The summed E-state index contributed by atoms with van der Waals surface area (Å²) in [6.07, 6.45) is 1.59. The number of ether oxygens (including phenoxy) is 1. The number of hydrogen-bond donors (Lipinski definition) is 2. The van der Waals surface area contributed by atoms with Crippen LogP contribution < -0.4 is 25.5 Å². The second kappa shape index (κ2) is 12.1. The summed E-state index contributed by atoms with van der Waals surface area (Å²) in [5, 5.41) is 17.4. The van der Waals surface area contributed by atoms with Crippen molar-refractivity contribution in [3.05, 3.63) is 95.7 Å². The molecule has 1 unspecified atom stereocenters. The van der Waals surface area contributed by atoms with Crippen molar-refractivity contribution >= 4 is 11.4 Å². The Morgan fingerprint density at radius 3 is 2.03 bits per heavy atom. The van der Waals surface area contributed by atoms with E-state index in [1.807, 2.05) is 61.5 Å². The van der Waals surface area contributed by atoms with Crippen LogP contribution in [0.5, 0.6) is 11.5 Å². The molecule has 4 aromatic rings. The average Bonchev–Trinajstić information content (AvgIpc) is 3.37. The predicted molar refractivity (Wildman–Crippen MR) is 154 cm³/mol. The van der Waals surface area contributed by atoms with Gasteiger partial charge in [-0.15, -0.1) is 0 Å². The number of nitrogens with zero attached hydrogens (tertiary/aromatic N) is 5. The van der Waals surface area contributed by atoms with E-state index in [0.29, 0.717) is 13.2 Å². The van der Waals surface area contributed by atoms with Gasteiger partial charge in [0.05, 0.1) is 11.7 Å². The van der Waals surface area contributed by atoms with E-state index in [0.717, 1.165) is 49.0 Å². The van der Waals surface area contributed by atoms with Gasteiger partial charge in [-0.3, -0.25) is 0 Å². The lowest BCUT2D eigenvalue weighted by atomic mass is 10.2. The van der Waals surface area contributed by atoms with Crippen LogP contribution in [0.4, 0.5) is 11.4 Å². The molecule has 0 aliphatic carbocycles. The Bertz CT molecular complexity index is 1380. The van der Waals surface area contributed by atoms with Crippen LogP contribution in [0.15, 0.2) is 90.0 Å². The third-order valence-electron chi connectivity index (χ3n) is 7.37. The first kappa shape index (κ1) is 26.4. The fraction of sp³-hybridized carbons (Fsp3) is 0.333. The van der Waals surface area contributed by atoms with Gasteiger partial charge in [0.1, 0.15) is 24.4 Å². The summed E-state index contributed by atoms with van der Waals surface area (Å²) < 4.78 is 8.87. The first-order valence-corrected chi connectivity index (χ1v) is 13.5. The maximum Gasteiger partial charge on any atom is 0.350 e. The zero-order valence-corrected chi connectivity index (χ0v) is 22.5. The highest BCUT2D eigenvalue weighted by atomic mass is 16.5. The number of benzene rings is 3. The van der Waals surface area contributed by atoms with E-state index in [9.17, 15) is 9.90 Å². The molecule has 39 heavy (non-hydrogen) atoms. The van der Waals surface area contributed by atoms with Crippen molar-refractivity contribution < 1.29 is 9.84 Å². The van der Waals surface area contributed by atoms with Crippen LogP contribution in [0.3, 0.4) is 0 Å². The van der Waals surface area contributed by atoms with Gasteiger partial charge in [0, 0.05) is 50.1 Å². The van der Waals surface area contributed by atoms with Gasteiger partial charge >= 0.3 is 5.69 Å². The van der Waals surface area contributed by atoms with E-state index in [1.54, 1.807) is 23.0 Å². The van der Waals surface area contributed by atoms with Crippen molar-refractivity contribution in [2.45, 2.75) is 25.9 Å². The second-order valence-corrected chi connectivity index (χ2v) is 9.88. The lowest BCUT2D eigenvalue weighted by Crippen LogP contribution is -2.46. The molecule has 2 heterocycles. The lowest BCUT2D eigenvalue weighted by molar-refractivity contribution is 0.287. The number of aromatic nitrogens is 3. The Hall–Kier alpha value is -4.24. The first-order chi connectivity index (χ1) is 19.0. The number of phenolic OH excluding ortho intramolecular Hbond substituents is 1. The normalized spacial score (nSPS) is 15.2. The van der Waals surface area contributed by atoms with E-state index < -0.39 is 0 Å². The smallest absolute Gasteiger partial charge is 0.350 e. The van der Waals surface area contributed by atoms with E-state index in [2.05, 4.69) is 39.3 Å². The zero-order valence-electron chi connectivity index (χ0n) is 22.5. The summed E-state index contributed by atoms with van der Waals surface area (Å²) >= 11 is 0.